The average Bonchev–Trinajstić information content (AvgIpc) is 2.99. The van der Waals surface area contributed by atoms with Crippen LogP contribution >= 0.6 is 0 Å². The van der Waals surface area contributed by atoms with Crippen LogP contribution in [0.25, 0.3) is 0 Å². The van der Waals surface area contributed by atoms with E-state index in [1.165, 1.54) is 0 Å². The first-order valence-corrected chi connectivity index (χ1v) is 10.1. The fraction of sp³-hybridized carbons (Fsp3) is 0.591. The number of rotatable bonds is 8. The van der Waals surface area contributed by atoms with Gasteiger partial charge in [-0.3, -0.25) is 9.59 Å². The molecule has 0 radical (unpaired) electrons. The Bertz CT molecular complexity index is 712. The van der Waals surface area contributed by atoms with Gasteiger partial charge in [0.25, 0.3) is 0 Å². The molecule has 1 N–H and O–H groups in total. The molecule has 0 aromatic heterocycles. The standard InChI is InChI=1S/C22H31NO6/c1-5-9-18(24)17(13-19(25)29-22(2,3)4)20(26)23-16(14-28-21(23)27)12-15-10-7-6-8-11-15/h6-8,10-11,16-18,24H,5,9,12-14H2,1-4H3/t16-,17-,18+/m0/s1. The Labute approximate surface area is 172 Å². The van der Waals surface area contributed by atoms with E-state index in [1.54, 1.807) is 20.8 Å². The summed E-state index contributed by atoms with van der Waals surface area (Å²) >= 11 is 0. The normalized spacial score (nSPS) is 18.9. The Morgan fingerprint density at radius 1 is 1.28 bits per heavy atom. The number of esters is 1. The maximum atomic E-state index is 13.2. The van der Waals surface area contributed by atoms with Gasteiger partial charge in [-0.25, -0.2) is 9.69 Å². The largest absolute Gasteiger partial charge is 0.460 e. The summed E-state index contributed by atoms with van der Waals surface area (Å²) in [7, 11) is 0. The molecule has 0 saturated carbocycles. The van der Waals surface area contributed by atoms with Crippen LogP contribution in [0.1, 0.15) is 52.5 Å². The van der Waals surface area contributed by atoms with E-state index >= 15 is 0 Å². The number of amides is 2. The number of hydrogen-bond donors (Lipinski definition) is 1. The summed E-state index contributed by atoms with van der Waals surface area (Å²) in [5, 5.41) is 10.5. The van der Waals surface area contributed by atoms with Crippen molar-refractivity contribution in [2.24, 2.45) is 5.92 Å². The summed E-state index contributed by atoms with van der Waals surface area (Å²) in [5.41, 5.74) is 0.259. The predicted molar refractivity (Wildman–Crippen MR) is 107 cm³/mol. The highest BCUT2D eigenvalue weighted by molar-refractivity contribution is 5.96. The van der Waals surface area contributed by atoms with Gasteiger partial charge in [-0.2, -0.15) is 0 Å². The molecule has 1 aromatic carbocycles. The summed E-state index contributed by atoms with van der Waals surface area (Å²) < 4.78 is 10.4. The van der Waals surface area contributed by atoms with Gasteiger partial charge in [0, 0.05) is 0 Å². The molecule has 0 aliphatic carbocycles. The lowest BCUT2D eigenvalue weighted by Gasteiger charge is -2.28. The van der Waals surface area contributed by atoms with Crippen LogP contribution in [0.15, 0.2) is 30.3 Å². The molecule has 7 heteroatoms. The van der Waals surface area contributed by atoms with Crippen LogP contribution in [0.2, 0.25) is 0 Å². The fourth-order valence-corrected chi connectivity index (χ4v) is 3.39. The lowest BCUT2D eigenvalue weighted by Crippen LogP contribution is -2.47. The van der Waals surface area contributed by atoms with Gasteiger partial charge in [0.1, 0.15) is 12.2 Å². The maximum Gasteiger partial charge on any atom is 0.416 e. The van der Waals surface area contributed by atoms with Crippen LogP contribution in [0.3, 0.4) is 0 Å². The van der Waals surface area contributed by atoms with Gasteiger partial charge in [0.2, 0.25) is 5.91 Å². The summed E-state index contributed by atoms with van der Waals surface area (Å²) in [6, 6.07) is 9.00. The lowest BCUT2D eigenvalue weighted by molar-refractivity contribution is -0.160. The molecule has 160 valence electrons. The minimum atomic E-state index is -1.06. The number of benzene rings is 1. The molecule has 0 unspecified atom stereocenters. The molecule has 3 atom stereocenters. The van der Waals surface area contributed by atoms with Crippen LogP contribution in [-0.2, 0) is 25.5 Å². The zero-order chi connectivity index (χ0) is 21.6. The predicted octanol–water partition coefficient (Wildman–Crippen LogP) is 3.09. The zero-order valence-electron chi connectivity index (χ0n) is 17.6. The highest BCUT2D eigenvalue weighted by atomic mass is 16.6. The molecule has 1 aliphatic heterocycles. The number of ether oxygens (including phenoxy) is 2. The molecular weight excluding hydrogens is 374 g/mol. The van der Waals surface area contributed by atoms with E-state index in [4.69, 9.17) is 9.47 Å². The van der Waals surface area contributed by atoms with Crippen LogP contribution in [-0.4, -0.2) is 52.3 Å². The number of imide groups is 1. The van der Waals surface area contributed by atoms with Crippen molar-refractivity contribution < 1.29 is 29.0 Å². The molecule has 1 aromatic rings. The zero-order valence-corrected chi connectivity index (χ0v) is 17.6. The third kappa shape index (κ3) is 6.56. The van der Waals surface area contributed by atoms with Crippen molar-refractivity contribution in [1.82, 2.24) is 4.90 Å². The second kappa shape index (κ2) is 9.87. The van der Waals surface area contributed by atoms with Crippen molar-refractivity contribution >= 4 is 18.0 Å². The minimum absolute atomic E-state index is 0.0858. The molecule has 2 amide bonds. The molecule has 1 saturated heterocycles. The SMILES string of the molecule is CCC[C@@H](O)[C@H](CC(=O)OC(C)(C)C)C(=O)N1C(=O)OC[C@@H]1Cc1ccccc1. The van der Waals surface area contributed by atoms with Crippen LogP contribution in [0.5, 0.6) is 0 Å². The van der Waals surface area contributed by atoms with Gasteiger partial charge >= 0.3 is 12.1 Å². The van der Waals surface area contributed by atoms with Crippen molar-refractivity contribution in [3.05, 3.63) is 35.9 Å². The Balaban J connectivity index is 2.20. The monoisotopic (exact) mass is 405 g/mol. The Kier molecular flexibility index (Phi) is 7.79. The smallest absolute Gasteiger partial charge is 0.416 e. The third-order valence-electron chi connectivity index (χ3n) is 4.69. The summed E-state index contributed by atoms with van der Waals surface area (Å²) in [4.78, 5) is 38.9. The van der Waals surface area contributed by atoms with E-state index in [0.29, 0.717) is 19.3 Å². The lowest BCUT2D eigenvalue weighted by atomic mass is 9.92. The van der Waals surface area contributed by atoms with Gasteiger partial charge < -0.3 is 14.6 Å². The Hall–Kier alpha value is -2.41. The molecule has 1 fully saturated rings. The first kappa shape index (κ1) is 22.9. The highest BCUT2D eigenvalue weighted by Gasteiger charge is 2.43. The molecular formula is C22H31NO6. The van der Waals surface area contributed by atoms with Gasteiger partial charge in [-0.05, 0) is 39.2 Å². The number of carbonyl (C=O) groups excluding carboxylic acids is 3. The van der Waals surface area contributed by atoms with E-state index in [-0.39, 0.29) is 13.0 Å². The second-order valence-electron chi connectivity index (χ2n) is 8.38. The molecule has 0 bridgehead atoms. The molecule has 1 aliphatic rings. The molecule has 29 heavy (non-hydrogen) atoms. The van der Waals surface area contributed by atoms with Crippen LogP contribution < -0.4 is 0 Å². The summed E-state index contributed by atoms with van der Waals surface area (Å²) in [6.07, 6.45) is -0.664. The van der Waals surface area contributed by atoms with Crippen molar-refractivity contribution in [3.8, 4) is 0 Å². The van der Waals surface area contributed by atoms with Gasteiger partial charge in [0.15, 0.2) is 0 Å². The number of hydrogen-bond acceptors (Lipinski definition) is 6. The van der Waals surface area contributed by atoms with Gasteiger partial charge in [-0.15, -0.1) is 0 Å². The first-order valence-electron chi connectivity index (χ1n) is 10.1. The van der Waals surface area contributed by atoms with E-state index in [9.17, 15) is 19.5 Å². The highest BCUT2D eigenvalue weighted by Crippen LogP contribution is 2.25. The summed E-state index contributed by atoms with van der Waals surface area (Å²) in [5.74, 6) is -2.24. The van der Waals surface area contributed by atoms with Gasteiger partial charge in [0.05, 0.1) is 24.5 Å². The van der Waals surface area contributed by atoms with E-state index < -0.39 is 41.6 Å². The van der Waals surface area contributed by atoms with E-state index in [2.05, 4.69) is 0 Å². The topological polar surface area (TPSA) is 93.1 Å². The Morgan fingerprint density at radius 2 is 1.93 bits per heavy atom. The Morgan fingerprint density at radius 3 is 2.52 bits per heavy atom. The number of cyclic esters (lactones) is 1. The second-order valence-corrected chi connectivity index (χ2v) is 8.38. The maximum absolute atomic E-state index is 13.2. The summed E-state index contributed by atoms with van der Waals surface area (Å²) in [6.45, 7) is 7.16. The molecule has 2 rings (SSSR count). The molecule has 1 heterocycles. The third-order valence-corrected chi connectivity index (χ3v) is 4.69. The van der Waals surface area contributed by atoms with E-state index in [0.717, 1.165) is 10.5 Å². The minimum Gasteiger partial charge on any atom is -0.460 e. The first-order chi connectivity index (χ1) is 13.6. The quantitative estimate of drug-likeness (QED) is 0.668. The van der Waals surface area contributed by atoms with Crippen molar-refractivity contribution in [2.45, 2.75) is 71.1 Å². The fourth-order valence-electron chi connectivity index (χ4n) is 3.39. The number of aliphatic hydroxyl groups is 1. The number of aliphatic hydroxyl groups excluding tert-OH is 1. The number of nitrogens with zero attached hydrogens (tertiary/aromatic N) is 1. The molecule has 0 spiro atoms. The van der Waals surface area contributed by atoms with Crippen molar-refractivity contribution in [2.75, 3.05) is 6.61 Å². The van der Waals surface area contributed by atoms with Gasteiger partial charge in [-0.1, -0.05) is 43.7 Å². The number of carbonyl (C=O) groups is 3. The molecule has 7 nitrogen and oxygen atoms in total. The van der Waals surface area contributed by atoms with E-state index in [1.807, 2.05) is 37.3 Å². The average molecular weight is 405 g/mol. The van der Waals surface area contributed by atoms with Crippen LogP contribution in [0, 0.1) is 5.92 Å². The van der Waals surface area contributed by atoms with Crippen LogP contribution in [0.4, 0.5) is 4.79 Å². The van der Waals surface area contributed by atoms with Crippen molar-refractivity contribution in [1.29, 1.82) is 0 Å². The van der Waals surface area contributed by atoms with Crippen molar-refractivity contribution in [3.63, 3.8) is 0 Å².